The number of rotatable bonds is 4. The van der Waals surface area contributed by atoms with E-state index in [1.165, 1.54) is 0 Å². The van der Waals surface area contributed by atoms with Gasteiger partial charge in [-0.15, -0.1) is 0 Å². The van der Waals surface area contributed by atoms with Crippen molar-refractivity contribution in [1.29, 1.82) is 0 Å². The maximum atomic E-state index is 12.0. The van der Waals surface area contributed by atoms with Gasteiger partial charge in [0.15, 0.2) is 0 Å². The number of aryl methyl sites for hydroxylation is 1. The second-order valence-corrected chi connectivity index (χ2v) is 5.21. The third kappa shape index (κ3) is 3.25. The van der Waals surface area contributed by atoms with Gasteiger partial charge in [0.2, 0.25) is 0 Å². The largest absolute Gasteiger partial charge is 0.481 e. The van der Waals surface area contributed by atoms with E-state index in [1.54, 1.807) is 18.4 Å². The lowest BCUT2D eigenvalue weighted by molar-refractivity contribution is -0.136. The summed E-state index contributed by atoms with van der Waals surface area (Å²) in [6.45, 7) is 4.62. The first-order valence-corrected chi connectivity index (χ1v) is 6.89. The number of aromatic nitrogens is 2. The fourth-order valence-electron chi connectivity index (χ4n) is 2.62. The molecular formula is C14H20N2O4. The Hall–Kier alpha value is -1.69. The first kappa shape index (κ1) is 14.7. The normalized spacial score (nSPS) is 19.0. The Balaban J connectivity index is 2.31. The SMILES string of the molecule is Cc1nc(=O)n(CC2CCCCO2)c(C)c1CC(=O)O. The molecule has 0 radical (unpaired) electrons. The average molecular weight is 280 g/mol. The van der Waals surface area contributed by atoms with Crippen LogP contribution in [0.2, 0.25) is 0 Å². The van der Waals surface area contributed by atoms with E-state index < -0.39 is 5.97 Å². The molecular weight excluding hydrogens is 260 g/mol. The Kier molecular flexibility index (Phi) is 4.54. The van der Waals surface area contributed by atoms with E-state index in [1.807, 2.05) is 0 Å². The molecule has 2 heterocycles. The van der Waals surface area contributed by atoms with Crippen molar-refractivity contribution in [3.05, 3.63) is 27.4 Å². The minimum Gasteiger partial charge on any atom is -0.481 e. The highest BCUT2D eigenvalue weighted by Gasteiger charge is 2.19. The monoisotopic (exact) mass is 280 g/mol. The zero-order valence-corrected chi connectivity index (χ0v) is 11.9. The lowest BCUT2D eigenvalue weighted by Crippen LogP contribution is -2.34. The molecule has 1 saturated heterocycles. The second kappa shape index (κ2) is 6.17. The van der Waals surface area contributed by atoms with Crippen LogP contribution in [0.3, 0.4) is 0 Å². The lowest BCUT2D eigenvalue weighted by Gasteiger charge is -2.24. The smallest absolute Gasteiger partial charge is 0.348 e. The Labute approximate surface area is 117 Å². The van der Waals surface area contributed by atoms with Gasteiger partial charge in [0.25, 0.3) is 0 Å². The highest BCUT2D eigenvalue weighted by atomic mass is 16.5. The van der Waals surface area contributed by atoms with Crippen LogP contribution in [0.15, 0.2) is 4.79 Å². The molecule has 0 saturated carbocycles. The van der Waals surface area contributed by atoms with Gasteiger partial charge in [-0.25, -0.2) is 4.79 Å². The summed E-state index contributed by atoms with van der Waals surface area (Å²) in [7, 11) is 0. The topological polar surface area (TPSA) is 81.4 Å². The van der Waals surface area contributed by atoms with E-state index in [-0.39, 0.29) is 18.2 Å². The van der Waals surface area contributed by atoms with E-state index in [0.717, 1.165) is 25.9 Å². The van der Waals surface area contributed by atoms with E-state index in [4.69, 9.17) is 9.84 Å². The number of hydrogen-bond acceptors (Lipinski definition) is 4. The predicted molar refractivity (Wildman–Crippen MR) is 72.9 cm³/mol. The van der Waals surface area contributed by atoms with Crippen LogP contribution in [0.5, 0.6) is 0 Å². The van der Waals surface area contributed by atoms with Crippen LogP contribution in [-0.4, -0.2) is 33.3 Å². The van der Waals surface area contributed by atoms with Crippen molar-refractivity contribution in [3.63, 3.8) is 0 Å². The number of hydrogen-bond donors (Lipinski definition) is 1. The van der Waals surface area contributed by atoms with E-state index in [0.29, 0.717) is 23.5 Å². The molecule has 6 heteroatoms. The molecule has 1 aliphatic rings. The molecule has 1 unspecified atom stereocenters. The Morgan fingerprint density at radius 3 is 2.80 bits per heavy atom. The third-order valence-corrected chi connectivity index (χ3v) is 3.76. The molecule has 1 atom stereocenters. The van der Waals surface area contributed by atoms with Crippen molar-refractivity contribution in [3.8, 4) is 0 Å². The zero-order chi connectivity index (χ0) is 14.7. The minimum atomic E-state index is -0.919. The molecule has 1 fully saturated rings. The molecule has 0 spiro atoms. The molecule has 2 rings (SSSR count). The van der Waals surface area contributed by atoms with Crippen molar-refractivity contribution in [2.24, 2.45) is 0 Å². The molecule has 110 valence electrons. The fourth-order valence-corrected chi connectivity index (χ4v) is 2.62. The van der Waals surface area contributed by atoms with Gasteiger partial charge in [-0.2, -0.15) is 4.98 Å². The minimum absolute atomic E-state index is 0.0161. The Morgan fingerprint density at radius 1 is 1.45 bits per heavy atom. The summed E-state index contributed by atoms with van der Waals surface area (Å²) < 4.78 is 7.18. The zero-order valence-electron chi connectivity index (χ0n) is 11.9. The highest BCUT2D eigenvalue weighted by molar-refractivity contribution is 5.70. The van der Waals surface area contributed by atoms with E-state index >= 15 is 0 Å². The molecule has 1 aromatic rings. The molecule has 0 bridgehead atoms. The summed E-state index contributed by atoms with van der Waals surface area (Å²) in [4.78, 5) is 26.9. The van der Waals surface area contributed by atoms with Crippen LogP contribution in [0.1, 0.15) is 36.2 Å². The second-order valence-electron chi connectivity index (χ2n) is 5.21. The summed E-state index contributed by atoms with van der Waals surface area (Å²) >= 11 is 0. The van der Waals surface area contributed by atoms with Gasteiger partial charge in [0.05, 0.1) is 19.1 Å². The summed E-state index contributed by atoms with van der Waals surface area (Å²) in [6, 6.07) is 0. The first-order valence-electron chi connectivity index (χ1n) is 6.89. The lowest BCUT2D eigenvalue weighted by atomic mass is 10.1. The van der Waals surface area contributed by atoms with Crippen LogP contribution in [0, 0.1) is 13.8 Å². The Bertz CT molecular complexity index is 559. The average Bonchev–Trinajstić information content (AvgIpc) is 2.40. The van der Waals surface area contributed by atoms with Crippen molar-refractivity contribution in [1.82, 2.24) is 9.55 Å². The maximum Gasteiger partial charge on any atom is 0.348 e. The summed E-state index contributed by atoms with van der Waals surface area (Å²) in [5.41, 5.74) is 1.46. The number of carboxylic acids is 1. The van der Waals surface area contributed by atoms with E-state index in [9.17, 15) is 9.59 Å². The van der Waals surface area contributed by atoms with Crippen LogP contribution in [0.4, 0.5) is 0 Å². The standard InChI is InChI=1S/C14H20N2O4/c1-9-12(7-13(17)18)10(2)16(14(19)15-9)8-11-5-3-4-6-20-11/h11H,3-8H2,1-2H3,(H,17,18). The number of carbonyl (C=O) groups is 1. The van der Waals surface area contributed by atoms with Crippen LogP contribution < -0.4 is 5.69 Å². The van der Waals surface area contributed by atoms with Gasteiger partial charge in [-0.1, -0.05) is 0 Å². The van der Waals surface area contributed by atoms with E-state index in [2.05, 4.69) is 4.98 Å². The molecule has 0 amide bonds. The first-order chi connectivity index (χ1) is 9.49. The fraction of sp³-hybridized carbons (Fsp3) is 0.643. The van der Waals surface area contributed by atoms with Gasteiger partial charge in [0, 0.05) is 23.6 Å². The van der Waals surface area contributed by atoms with Crippen LogP contribution in [-0.2, 0) is 22.5 Å². The van der Waals surface area contributed by atoms with Gasteiger partial charge in [-0.3, -0.25) is 9.36 Å². The van der Waals surface area contributed by atoms with Crippen LogP contribution in [0.25, 0.3) is 0 Å². The number of nitrogens with zero attached hydrogens (tertiary/aromatic N) is 2. The molecule has 20 heavy (non-hydrogen) atoms. The summed E-state index contributed by atoms with van der Waals surface area (Å²) in [5.74, 6) is -0.919. The molecule has 1 aromatic heterocycles. The third-order valence-electron chi connectivity index (χ3n) is 3.76. The number of carboxylic acid groups (broad SMARTS) is 1. The highest BCUT2D eigenvalue weighted by Crippen LogP contribution is 2.16. The predicted octanol–water partition coefficient (Wildman–Crippen LogP) is 1.06. The molecule has 1 N–H and O–H groups in total. The Morgan fingerprint density at radius 2 is 2.20 bits per heavy atom. The van der Waals surface area contributed by atoms with Crippen molar-refractivity contribution < 1.29 is 14.6 Å². The molecule has 0 aromatic carbocycles. The van der Waals surface area contributed by atoms with Crippen molar-refractivity contribution in [2.75, 3.05) is 6.61 Å². The molecule has 6 nitrogen and oxygen atoms in total. The maximum absolute atomic E-state index is 12.0. The van der Waals surface area contributed by atoms with Crippen molar-refractivity contribution >= 4 is 5.97 Å². The summed E-state index contributed by atoms with van der Waals surface area (Å²) in [5, 5.41) is 8.96. The number of ether oxygens (including phenoxy) is 1. The molecule has 0 aliphatic carbocycles. The van der Waals surface area contributed by atoms with Gasteiger partial charge in [-0.05, 0) is 33.1 Å². The van der Waals surface area contributed by atoms with Gasteiger partial charge in [0.1, 0.15) is 0 Å². The van der Waals surface area contributed by atoms with Crippen LogP contribution >= 0.6 is 0 Å². The quantitative estimate of drug-likeness (QED) is 0.891. The van der Waals surface area contributed by atoms with Gasteiger partial charge < -0.3 is 9.84 Å². The summed E-state index contributed by atoms with van der Waals surface area (Å²) in [6.07, 6.45) is 2.98. The molecule has 1 aliphatic heterocycles. The van der Waals surface area contributed by atoms with Gasteiger partial charge >= 0.3 is 11.7 Å². The van der Waals surface area contributed by atoms with Crippen molar-refractivity contribution in [2.45, 2.75) is 52.2 Å². The number of aliphatic carboxylic acids is 1.